The molecule has 0 aromatic carbocycles. The van der Waals surface area contributed by atoms with Crippen molar-refractivity contribution >= 4 is 29.7 Å². The van der Waals surface area contributed by atoms with Gasteiger partial charge in [0.05, 0.1) is 18.6 Å². The van der Waals surface area contributed by atoms with Crippen molar-refractivity contribution in [1.82, 2.24) is 15.7 Å². The molecule has 3 unspecified atom stereocenters. The molecule has 3 heterocycles. The lowest BCUT2D eigenvalue weighted by Crippen LogP contribution is -2.36. The van der Waals surface area contributed by atoms with Crippen LogP contribution in [0.15, 0.2) is 0 Å². The molecule has 7 nitrogen and oxygen atoms in total. The highest BCUT2D eigenvalue weighted by atomic mass is 32.2. The Kier molecular flexibility index (Phi) is 4.75. The van der Waals surface area contributed by atoms with E-state index in [1.54, 1.807) is 0 Å². The number of thioether (sulfide) groups is 1. The third-order valence-corrected chi connectivity index (χ3v) is 5.81. The highest BCUT2D eigenvalue weighted by molar-refractivity contribution is 8.00. The molecule has 0 radical (unpaired) electrons. The summed E-state index contributed by atoms with van der Waals surface area (Å²) in [5.41, 5.74) is 0. The lowest BCUT2D eigenvalue weighted by atomic mass is 10.0. The fraction of sp³-hybridized carbons (Fsp3) is 0.786. The first-order valence-corrected chi connectivity index (χ1v) is 8.88. The number of rotatable bonds is 6. The minimum absolute atomic E-state index is 0.0702. The summed E-state index contributed by atoms with van der Waals surface area (Å²) in [6.07, 6.45) is 4.20. The van der Waals surface area contributed by atoms with E-state index in [0.717, 1.165) is 31.4 Å². The summed E-state index contributed by atoms with van der Waals surface area (Å²) in [7, 11) is 0. The molecule has 3 aliphatic heterocycles. The second kappa shape index (κ2) is 6.76. The smallest absolute Gasteiger partial charge is 0.332 e. The maximum absolute atomic E-state index is 11.7. The van der Waals surface area contributed by atoms with E-state index in [4.69, 9.17) is 4.84 Å². The summed E-state index contributed by atoms with van der Waals surface area (Å²) in [5.74, 6) is 0.516. The number of amides is 3. The van der Waals surface area contributed by atoms with Gasteiger partial charge in [0, 0.05) is 23.8 Å². The Labute approximate surface area is 133 Å². The lowest BCUT2D eigenvalue weighted by molar-refractivity contribution is -0.192. The first-order chi connectivity index (χ1) is 10.6. The fourth-order valence-corrected chi connectivity index (χ4v) is 4.69. The molecule has 0 aromatic heterocycles. The molecular formula is C14H21N3O4S. The number of nitrogens with one attached hydrogen (secondary N) is 2. The summed E-state index contributed by atoms with van der Waals surface area (Å²) in [5, 5.41) is 7.48. The monoisotopic (exact) mass is 327 g/mol. The zero-order valence-electron chi connectivity index (χ0n) is 12.4. The van der Waals surface area contributed by atoms with Crippen molar-refractivity contribution in [1.29, 1.82) is 0 Å². The summed E-state index contributed by atoms with van der Waals surface area (Å²) in [6.45, 7) is 0.513. The minimum Gasteiger partial charge on any atom is -0.338 e. The van der Waals surface area contributed by atoms with Crippen LogP contribution in [-0.4, -0.2) is 52.6 Å². The quantitative estimate of drug-likeness (QED) is 0.556. The number of unbranched alkanes of at least 4 members (excludes halogenated alkanes) is 1. The Bertz CT molecular complexity index is 473. The molecule has 3 aliphatic rings. The summed E-state index contributed by atoms with van der Waals surface area (Å²) < 4.78 is 0. The topological polar surface area (TPSA) is 87.7 Å². The summed E-state index contributed by atoms with van der Waals surface area (Å²) in [4.78, 5) is 39.4. The van der Waals surface area contributed by atoms with Gasteiger partial charge in [-0.05, 0) is 19.3 Å². The Morgan fingerprint density at radius 2 is 2.18 bits per heavy atom. The zero-order valence-corrected chi connectivity index (χ0v) is 13.2. The number of hydrogen-bond acceptors (Lipinski definition) is 5. The van der Waals surface area contributed by atoms with Gasteiger partial charge in [-0.2, -0.15) is 16.8 Å². The van der Waals surface area contributed by atoms with E-state index in [9.17, 15) is 14.4 Å². The standard InChI is InChI=1S/C14H21N3O4S/c18-11-5-3-7-17(11)21-12(19)6-2-1-4-10-13-9(8-22-10)15-14(20)16-13/h9-10,13H,1-8H2,(H2,15,16,20). The van der Waals surface area contributed by atoms with Crippen LogP contribution in [0.25, 0.3) is 0 Å². The van der Waals surface area contributed by atoms with Crippen LogP contribution in [0.4, 0.5) is 4.79 Å². The van der Waals surface area contributed by atoms with Gasteiger partial charge in [-0.1, -0.05) is 6.42 Å². The molecular weight excluding hydrogens is 306 g/mol. The van der Waals surface area contributed by atoms with Gasteiger partial charge >= 0.3 is 12.0 Å². The molecule has 122 valence electrons. The Morgan fingerprint density at radius 1 is 1.32 bits per heavy atom. The Morgan fingerprint density at radius 3 is 2.95 bits per heavy atom. The number of carbonyl (C=O) groups is 3. The van der Waals surface area contributed by atoms with Crippen LogP contribution < -0.4 is 10.6 Å². The third-order valence-electron chi connectivity index (χ3n) is 4.30. The second-order valence-electron chi connectivity index (χ2n) is 5.93. The van der Waals surface area contributed by atoms with E-state index < -0.39 is 0 Å². The van der Waals surface area contributed by atoms with Crippen LogP contribution in [0.1, 0.15) is 38.5 Å². The largest absolute Gasteiger partial charge is 0.338 e. The van der Waals surface area contributed by atoms with Gasteiger partial charge in [-0.25, -0.2) is 9.59 Å². The molecule has 22 heavy (non-hydrogen) atoms. The van der Waals surface area contributed by atoms with E-state index in [1.165, 1.54) is 5.06 Å². The van der Waals surface area contributed by atoms with Crippen molar-refractivity contribution in [2.75, 3.05) is 12.3 Å². The maximum atomic E-state index is 11.7. The molecule has 2 N–H and O–H groups in total. The van der Waals surface area contributed by atoms with Gasteiger partial charge in [0.2, 0.25) is 0 Å². The normalized spacial score (nSPS) is 30.2. The lowest BCUT2D eigenvalue weighted by Gasteiger charge is -2.17. The molecule has 0 saturated carbocycles. The molecule has 3 atom stereocenters. The highest BCUT2D eigenvalue weighted by Gasteiger charge is 2.42. The first kappa shape index (κ1) is 15.5. The summed E-state index contributed by atoms with van der Waals surface area (Å²) >= 11 is 1.88. The average molecular weight is 327 g/mol. The number of carbonyl (C=O) groups excluding carboxylic acids is 3. The predicted molar refractivity (Wildman–Crippen MR) is 81.0 cm³/mol. The number of hydroxylamine groups is 2. The van der Waals surface area contributed by atoms with Crippen LogP contribution in [0.2, 0.25) is 0 Å². The fourth-order valence-electron chi connectivity index (χ4n) is 3.15. The van der Waals surface area contributed by atoms with Gasteiger partial charge in [-0.15, -0.1) is 0 Å². The van der Waals surface area contributed by atoms with E-state index in [-0.39, 0.29) is 30.0 Å². The highest BCUT2D eigenvalue weighted by Crippen LogP contribution is 2.33. The molecule has 3 rings (SSSR count). The van der Waals surface area contributed by atoms with E-state index in [1.807, 2.05) is 11.8 Å². The average Bonchev–Trinajstić information content (AvgIpc) is 3.13. The number of fused-ring (bicyclic) bond motifs is 1. The van der Waals surface area contributed by atoms with Crippen LogP contribution in [0.5, 0.6) is 0 Å². The Balaban J connectivity index is 1.31. The molecule has 0 aromatic rings. The zero-order chi connectivity index (χ0) is 15.5. The van der Waals surface area contributed by atoms with Crippen LogP contribution >= 0.6 is 11.8 Å². The molecule has 8 heteroatoms. The Hall–Kier alpha value is -1.44. The molecule has 3 amide bonds. The van der Waals surface area contributed by atoms with E-state index >= 15 is 0 Å². The van der Waals surface area contributed by atoms with Crippen molar-refractivity contribution in [3.05, 3.63) is 0 Å². The number of nitrogens with zero attached hydrogens (tertiary/aromatic N) is 1. The van der Waals surface area contributed by atoms with Crippen LogP contribution in [0.3, 0.4) is 0 Å². The van der Waals surface area contributed by atoms with Crippen molar-refractivity contribution < 1.29 is 19.2 Å². The van der Waals surface area contributed by atoms with Gasteiger partial charge in [0.1, 0.15) is 0 Å². The van der Waals surface area contributed by atoms with Crippen LogP contribution in [-0.2, 0) is 14.4 Å². The first-order valence-electron chi connectivity index (χ1n) is 7.83. The molecule has 0 spiro atoms. The second-order valence-corrected chi connectivity index (χ2v) is 7.20. The third kappa shape index (κ3) is 3.48. The SMILES string of the molecule is O=C1NC2CSC(CCCCC(=O)ON3CCCC3=O)C2N1. The van der Waals surface area contributed by atoms with Gasteiger partial charge in [0.25, 0.3) is 5.91 Å². The van der Waals surface area contributed by atoms with E-state index in [2.05, 4.69) is 10.6 Å². The van der Waals surface area contributed by atoms with Gasteiger partial charge in [0.15, 0.2) is 0 Å². The van der Waals surface area contributed by atoms with Crippen molar-refractivity contribution in [3.8, 4) is 0 Å². The van der Waals surface area contributed by atoms with Gasteiger partial charge < -0.3 is 15.5 Å². The van der Waals surface area contributed by atoms with Crippen molar-refractivity contribution in [2.45, 2.75) is 55.9 Å². The molecule has 0 bridgehead atoms. The minimum atomic E-state index is -0.331. The van der Waals surface area contributed by atoms with E-state index in [0.29, 0.717) is 24.6 Å². The maximum Gasteiger partial charge on any atom is 0.332 e. The van der Waals surface area contributed by atoms with Crippen molar-refractivity contribution in [3.63, 3.8) is 0 Å². The predicted octanol–water partition coefficient (Wildman–Crippen LogP) is 0.793. The number of hydrogen-bond donors (Lipinski definition) is 2. The van der Waals surface area contributed by atoms with Crippen LogP contribution in [0, 0.1) is 0 Å². The molecule has 0 aliphatic carbocycles. The number of urea groups is 1. The molecule has 3 saturated heterocycles. The molecule has 3 fully saturated rings. The summed E-state index contributed by atoms with van der Waals surface area (Å²) in [6, 6.07) is 0.388. The van der Waals surface area contributed by atoms with Crippen molar-refractivity contribution in [2.24, 2.45) is 0 Å². The van der Waals surface area contributed by atoms with Gasteiger partial charge in [-0.3, -0.25) is 4.79 Å².